The van der Waals surface area contributed by atoms with Crippen LogP contribution in [0.5, 0.6) is 0 Å². The summed E-state index contributed by atoms with van der Waals surface area (Å²) in [6, 6.07) is 1.24. The highest BCUT2D eigenvalue weighted by molar-refractivity contribution is 5.98. The summed E-state index contributed by atoms with van der Waals surface area (Å²) in [7, 11) is 0. The van der Waals surface area contributed by atoms with Crippen LogP contribution in [0, 0.1) is 5.82 Å². The molecule has 0 spiro atoms. The molecule has 0 atom stereocenters. The number of pyridine rings is 1. The number of halogens is 1. The highest BCUT2D eigenvalue weighted by atomic mass is 19.1. The van der Waals surface area contributed by atoms with Crippen LogP contribution in [0.15, 0.2) is 18.5 Å². The zero-order chi connectivity index (χ0) is 13.8. The van der Waals surface area contributed by atoms with E-state index < -0.39 is 23.7 Å². The van der Waals surface area contributed by atoms with E-state index in [9.17, 15) is 18.8 Å². The minimum Gasteiger partial charge on any atom is -0.439 e. The number of nitrogens with zero attached hydrogens (tertiary/aromatic N) is 2. The van der Waals surface area contributed by atoms with Crippen molar-refractivity contribution in [1.29, 1.82) is 0 Å². The van der Waals surface area contributed by atoms with E-state index in [1.807, 2.05) is 0 Å². The molecule has 1 aliphatic rings. The summed E-state index contributed by atoms with van der Waals surface area (Å²) in [6.07, 6.45) is 1.48. The van der Waals surface area contributed by atoms with Crippen LogP contribution in [0.1, 0.15) is 10.4 Å². The second-order valence-corrected chi connectivity index (χ2v) is 3.71. The van der Waals surface area contributed by atoms with Crippen molar-refractivity contribution >= 4 is 17.9 Å². The molecule has 1 N–H and O–H groups in total. The number of hydrogen-bond acceptors (Lipinski definition) is 5. The van der Waals surface area contributed by atoms with Crippen molar-refractivity contribution in [2.45, 2.75) is 0 Å². The Kier molecular flexibility index (Phi) is 3.69. The van der Waals surface area contributed by atoms with Crippen molar-refractivity contribution in [3.05, 3.63) is 29.8 Å². The van der Waals surface area contributed by atoms with Crippen LogP contribution in [-0.4, -0.2) is 47.5 Å². The molecule has 1 saturated heterocycles. The van der Waals surface area contributed by atoms with Crippen LogP contribution in [0.2, 0.25) is 0 Å². The number of nitrogens with one attached hydrogen (secondary N) is 1. The highest BCUT2D eigenvalue weighted by Gasteiger charge is 2.30. The first-order chi connectivity index (χ1) is 9.09. The van der Waals surface area contributed by atoms with Gasteiger partial charge in [0.05, 0.1) is 11.8 Å². The fourth-order valence-corrected chi connectivity index (χ4v) is 1.53. The molecule has 3 amide bonds. The first-order valence-corrected chi connectivity index (χ1v) is 5.44. The molecule has 0 aromatic carbocycles. The third-order valence-corrected chi connectivity index (χ3v) is 2.48. The summed E-state index contributed by atoms with van der Waals surface area (Å²) in [6.45, 7) is -0.288. The van der Waals surface area contributed by atoms with E-state index in [2.05, 4.69) is 15.0 Å². The average Bonchev–Trinajstić information content (AvgIpc) is 2.70. The van der Waals surface area contributed by atoms with Crippen molar-refractivity contribution in [2.24, 2.45) is 0 Å². The third kappa shape index (κ3) is 2.84. The predicted octanol–water partition coefficient (Wildman–Crippen LogP) is -0.0707. The molecule has 19 heavy (non-hydrogen) atoms. The van der Waals surface area contributed by atoms with Gasteiger partial charge >= 0.3 is 6.09 Å². The Hall–Kier alpha value is -2.51. The quantitative estimate of drug-likeness (QED) is 0.824. The molecule has 1 aromatic heterocycles. The van der Waals surface area contributed by atoms with Gasteiger partial charge in [-0.15, -0.1) is 0 Å². The van der Waals surface area contributed by atoms with Crippen molar-refractivity contribution in [3.8, 4) is 0 Å². The molecular formula is C11H10FN3O4. The summed E-state index contributed by atoms with van der Waals surface area (Å²) in [5.41, 5.74) is -0.148. The molecule has 7 nitrogen and oxygen atoms in total. The van der Waals surface area contributed by atoms with Crippen molar-refractivity contribution in [1.82, 2.24) is 15.2 Å². The van der Waals surface area contributed by atoms with E-state index in [4.69, 9.17) is 0 Å². The maximum atomic E-state index is 13.2. The molecule has 2 heterocycles. The summed E-state index contributed by atoms with van der Waals surface area (Å²) >= 11 is 0. The fraction of sp³-hybridized carbons (Fsp3) is 0.273. The Labute approximate surface area is 107 Å². The van der Waals surface area contributed by atoms with Crippen LogP contribution in [-0.2, 0) is 9.53 Å². The van der Waals surface area contributed by atoms with E-state index in [1.165, 1.54) is 12.3 Å². The molecule has 2 rings (SSSR count). The summed E-state index contributed by atoms with van der Waals surface area (Å²) in [5.74, 6) is -1.84. The van der Waals surface area contributed by atoms with Gasteiger partial charge in [-0.3, -0.25) is 14.6 Å². The molecule has 100 valence electrons. The SMILES string of the molecule is O=C(NCCN1C(=O)COC1=O)c1ccncc1F. The van der Waals surface area contributed by atoms with Crippen LogP contribution >= 0.6 is 0 Å². The number of ether oxygens (including phenoxy) is 1. The molecular weight excluding hydrogens is 257 g/mol. The molecule has 0 saturated carbocycles. The number of aromatic nitrogens is 1. The Morgan fingerprint density at radius 3 is 2.95 bits per heavy atom. The molecule has 0 aliphatic carbocycles. The molecule has 0 radical (unpaired) electrons. The Morgan fingerprint density at radius 2 is 2.32 bits per heavy atom. The van der Waals surface area contributed by atoms with Crippen LogP contribution in [0.4, 0.5) is 9.18 Å². The number of hydrogen-bond donors (Lipinski definition) is 1. The average molecular weight is 267 g/mol. The molecule has 0 bridgehead atoms. The lowest BCUT2D eigenvalue weighted by Gasteiger charge is -2.11. The molecule has 1 aromatic rings. The van der Waals surface area contributed by atoms with E-state index in [0.29, 0.717) is 0 Å². The highest BCUT2D eigenvalue weighted by Crippen LogP contribution is 2.05. The number of rotatable bonds is 4. The maximum absolute atomic E-state index is 13.2. The van der Waals surface area contributed by atoms with Crippen molar-refractivity contribution in [2.75, 3.05) is 19.7 Å². The molecule has 1 aliphatic heterocycles. The van der Waals surface area contributed by atoms with Gasteiger partial charge in [0.1, 0.15) is 0 Å². The lowest BCUT2D eigenvalue weighted by atomic mass is 10.2. The third-order valence-electron chi connectivity index (χ3n) is 2.48. The smallest absolute Gasteiger partial charge is 0.417 e. The minimum atomic E-state index is -0.741. The zero-order valence-electron chi connectivity index (χ0n) is 9.76. The van der Waals surface area contributed by atoms with Gasteiger partial charge in [0.15, 0.2) is 12.4 Å². The lowest BCUT2D eigenvalue weighted by Crippen LogP contribution is -2.38. The maximum Gasteiger partial charge on any atom is 0.417 e. The van der Waals surface area contributed by atoms with E-state index in [0.717, 1.165) is 11.1 Å². The van der Waals surface area contributed by atoms with Crippen LogP contribution < -0.4 is 5.32 Å². The molecule has 8 heteroatoms. The second-order valence-electron chi connectivity index (χ2n) is 3.71. The summed E-state index contributed by atoms with van der Waals surface area (Å²) < 4.78 is 17.7. The normalized spacial score (nSPS) is 14.5. The topological polar surface area (TPSA) is 88.6 Å². The van der Waals surface area contributed by atoms with E-state index in [-0.39, 0.29) is 25.3 Å². The van der Waals surface area contributed by atoms with Crippen LogP contribution in [0.25, 0.3) is 0 Å². The number of carbonyl (C=O) groups excluding carboxylic acids is 3. The van der Waals surface area contributed by atoms with Gasteiger partial charge in [-0.05, 0) is 6.07 Å². The summed E-state index contributed by atoms with van der Waals surface area (Å²) in [5, 5.41) is 2.40. The lowest BCUT2D eigenvalue weighted by molar-refractivity contribution is -0.125. The van der Waals surface area contributed by atoms with Gasteiger partial charge in [0.2, 0.25) is 0 Å². The standard InChI is InChI=1S/C11H10FN3O4/c12-8-5-13-2-1-7(8)10(17)14-3-4-15-9(16)6-19-11(15)18/h1-2,5H,3-4,6H2,(H,14,17). The minimum absolute atomic E-state index is 0.0153. The first kappa shape index (κ1) is 12.9. The van der Waals surface area contributed by atoms with Crippen LogP contribution in [0.3, 0.4) is 0 Å². The number of amides is 3. The summed E-state index contributed by atoms with van der Waals surface area (Å²) in [4.78, 5) is 38.3. The van der Waals surface area contributed by atoms with Gasteiger partial charge in [0.25, 0.3) is 11.8 Å². The van der Waals surface area contributed by atoms with Gasteiger partial charge in [0, 0.05) is 19.3 Å². The van der Waals surface area contributed by atoms with Crippen molar-refractivity contribution < 1.29 is 23.5 Å². The first-order valence-electron chi connectivity index (χ1n) is 5.44. The number of carbonyl (C=O) groups is 3. The Bertz CT molecular complexity index is 518. The van der Waals surface area contributed by atoms with Gasteiger partial charge in [-0.1, -0.05) is 0 Å². The van der Waals surface area contributed by atoms with Gasteiger partial charge in [-0.2, -0.15) is 0 Å². The molecule has 1 fully saturated rings. The number of imide groups is 1. The van der Waals surface area contributed by atoms with Gasteiger partial charge < -0.3 is 10.1 Å². The molecule has 0 unspecified atom stereocenters. The number of cyclic esters (lactones) is 1. The second kappa shape index (κ2) is 5.42. The fourth-order valence-electron chi connectivity index (χ4n) is 1.53. The van der Waals surface area contributed by atoms with E-state index in [1.54, 1.807) is 0 Å². The van der Waals surface area contributed by atoms with E-state index >= 15 is 0 Å². The monoisotopic (exact) mass is 267 g/mol. The Morgan fingerprint density at radius 1 is 1.53 bits per heavy atom. The van der Waals surface area contributed by atoms with Crippen molar-refractivity contribution in [3.63, 3.8) is 0 Å². The Balaban J connectivity index is 1.86. The predicted molar refractivity (Wildman–Crippen MR) is 59.6 cm³/mol. The van der Waals surface area contributed by atoms with Gasteiger partial charge in [-0.25, -0.2) is 14.1 Å². The largest absolute Gasteiger partial charge is 0.439 e. The zero-order valence-corrected chi connectivity index (χ0v) is 9.76.